The molecule has 1 aromatic heterocycles. The van der Waals surface area contributed by atoms with E-state index in [2.05, 4.69) is 0 Å². The normalized spacial score (nSPS) is 10.6. The lowest BCUT2D eigenvalue weighted by molar-refractivity contribution is -0.107. The molecule has 0 aliphatic heterocycles. The van der Waals surface area contributed by atoms with Crippen molar-refractivity contribution in [1.29, 1.82) is 0 Å². The molecule has 0 saturated carbocycles. The first-order valence-corrected chi connectivity index (χ1v) is 5.25. The molecule has 0 bridgehead atoms. The van der Waals surface area contributed by atoms with Crippen LogP contribution in [-0.2, 0) is 11.2 Å². The van der Waals surface area contributed by atoms with Crippen molar-refractivity contribution < 1.29 is 14.0 Å². The summed E-state index contributed by atoms with van der Waals surface area (Å²) in [6.07, 6.45) is 1.21. The van der Waals surface area contributed by atoms with Gasteiger partial charge in [0.2, 0.25) is 5.78 Å². The zero-order valence-corrected chi connectivity index (χ0v) is 9.03. The summed E-state index contributed by atoms with van der Waals surface area (Å²) < 4.78 is 5.50. The van der Waals surface area contributed by atoms with Gasteiger partial charge in [-0.05, 0) is 12.5 Å². The molecule has 0 unspecified atom stereocenters. The maximum atomic E-state index is 11.7. The minimum atomic E-state index is -0.247. The van der Waals surface area contributed by atoms with Gasteiger partial charge in [0.25, 0.3) is 0 Å². The van der Waals surface area contributed by atoms with Crippen LogP contribution in [0.1, 0.15) is 29.5 Å². The van der Waals surface area contributed by atoms with Crippen LogP contribution in [0.15, 0.2) is 28.7 Å². The maximum absolute atomic E-state index is 11.7. The topological polar surface area (TPSA) is 47.3 Å². The van der Waals surface area contributed by atoms with Gasteiger partial charge < -0.3 is 9.21 Å². The Bertz CT molecular complexity index is 537. The second-order valence-electron chi connectivity index (χ2n) is 3.55. The van der Waals surface area contributed by atoms with E-state index in [4.69, 9.17) is 4.42 Å². The lowest BCUT2D eigenvalue weighted by Crippen LogP contribution is -2.00. The summed E-state index contributed by atoms with van der Waals surface area (Å²) in [5.74, 6) is 0.0823. The molecule has 0 N–H and O–H groups in total. The van der Waals surface area contributed by atoms with Crippen molar-refractivity contribution in [1.82, 2.24) is 0 Å². The van der Waals surface area contributed by atoms with Gasteiger partial charge in [0, 0.05) is 10.9 Å². The van der Waals surface area contributed by atoms with Crippen molar-refractivity contribution in [3.05, 3.63) is 35.6 Å². The van der Waals surface area contributed by atoms with Crippen molar-refractivity contribution in [2.24, 2.45) is 0 Å². The summed E-state index contributed by atoms with van der Waals surface area (Å²) in [4.78, 5) is 22.0. The molecule has 0 amide bonds. The first kappa shape index (κ1) is 10.6. The van der Waals surface area contributed by atoms with Crippen molar-refractivity contribution in [3.8, 4) is 0 Å². The van der Waals surface area contributed by atoms with Gasteiger partial charge in [-0.1, -0.05) is 25.1 Å². The molecule has 1 aromatic carbocycles. The molecule has 16 heavy (non-hydrogen) atoms. The summed E-state index contributed by atoms with van der Waals surface area (Å²) in [5, 5.41) is 0.958. The standard InChI is InChI=1S/C13H12O3/c1-2-9-10-5-3-4-6-12(10)16-13(9)11(15)7-8-14/h3-6,8H,2,7H2,1H3. The van der Waals surface area contributed by atoms with Crippen LogP contribution in [0.25, 0.3) is 11.0 Å². The summed E-state index contributed by atoms with van der Waals surface area (Å²) in [5.41, 5.74) is 1.59. The monoisotopic (exact) mass is 216 g/mol. The quantitative estimate of drug-likeness (QED) is 0.448. The first-order chi connectivity index (χ1) is 7.77. The Labute approximate surface area is 93.1 Å². The number of aldehydes is 1. The molecule has 82 valence electrons. The molecule has 0 aliphatic carbocycles. The second kappa shape index (κ2) is 4.31. The predicted octanol–water partition coefficient (Wildman–Crippen LogP) is 2.77. The van der Waals surface area contributed by atoms with Crippen LogP contribution in [0.2, 0.25) is 0 Å². The molecule has 3 nitrogen and oxygen atoms in total. The highest BCUT2D eigenvalue weighted by Crippen LogP contribution is 2.26. The highest BCUT2D eigenvalue weighted by molar-refractivity contribution is 6.05. The summed E-state index contributed by atoms with van der Waals surface area (Å²) in [7, 11) is 0. The smallest absolute Gasteiger partial charge is 0.205 e. The van der Waals surface area contributed by atoms with Gasteiger partial charge in [-0.3, -0.25) is 4.79 Å². The third-order valence-corrected chi connectivity index (χ3v) is 2.57. The average Bonchev–Trinajstić information content (AvgIpc) is 2.67. The number of benzene rings is 1. The lowest BCUT2D eigenvalue weighted by atomic mass is 10.1. The zero-order chi connectivity index (χ0) is 11.5. The number of furan rings is 1. The number of para-hydroxylation sites is 1. The van der Waals surface area contributed by atoms with Crippen molar-refractivity contribution in [2.45, 2.75) is 19.8 Å². The van der Waals surface area contributed by atoms with Gasteiger partial charge in [0.05, 0.1) is 6.42 Å². The molecule has 0 radical (unpaired) electrons. The van der Waals surface area contributed by atoms with Crippen LogP contribution in [-0.4, -0.2) is 12.1 Å². The molecule has 3 heteroatoms. The highest BCUT2D eigenvalue weighted by Gasteiger charge is 2.18. The SMILES string of the molecule is CCc1c(C(=O)CC=O)oc2ccccc12. The van der Waals surface area contributed by atoms with E-state index in [0.29, 0.717) is 17.6 Å². The zero-order valence-electron chi connectivity index (χ0n) is 9.03. The van der Waals surface area contributed by atoms with Gasteiger partial charge in [0.1, 0.15) is 11.9 Å². The number of aryl methyl sites for hydroxylation is 1. The number of hydrogen-bond acceptors (Lipinski definition) is 3. The van der Waals surface area contributed by atoms with Crippen molar-refractivity contribution >= 4 is 23.0 Å². The van der Waals surface area contributed by atoms with Crippen LogP contribution < -0.4 is 0 Å². The number of carbonyl (C=O) groups excluding carboxylic acids is 2. The van der Waals surface area contributed by atoms with Crippen LogP contribution >= 0.6 is 0 Å². The summed E-state index contributed by atoms with van der Waals surface area (Å²) in [6, 6.07) is 7.52. The third kappa shape index (κ3) is 1.65. The molecule has 0 aliphatic rings. The Morgan fingerprint density at radius 2 is 2.12 bits per heavy atom. The Morgan fingerprint density at radius 1 is 1.38 bits per heavy atom. The van der Waals surface area contributed by atoms with Crippen LogP contribution in [0, 0.1) is 0 Å². The third-order valence-electron chi connectivity index (χ3n) is 2.57. The highest BCUT2D eigenvalue weighted by atomic mass is 16.3. The predicted molar refractivity (Wildman–Crippen MR) is 60.6 cm³/mol. The Balaban J connectivity index is 2.60. The maximum Gasteiger partial charge on any atom is 0.205 e. The molecule has 1 heterocycles. The van der Waals surface area contributed by atoms with Gasteiger partial charge in [0.15, 0.2) is 5.76 Å². The lowest BCUT2D eigenvalue weighted by Gasteiger charge is -1.95. The van der Waals surface area contributed by atoms with E-state index < -0.39 is 0 Å². The van der Waals surface area contributed by atoms with E-state index in [-0.39, 0.29) is 12.2 Å². The first-order valence-electron chi connectivity index (χ1n) is 5.25. The molecule has 0 spiro atoms. The van der Waals surface area contributed by atoms with Crippen LogP contribution in [0.4, 0.5) is 0 Å². The molecule has 2 aromatic rings. The minimum absolute atomic E-state index is 0.118. The molecule has 0 fully saturated rings. The molecule has 0 saturated heterocycles. The summed E-state index contributed by atoms with van der Waals surface area (Å²) in [6.45, 7) is 1.97. The van der Waals surface area contributed by atoms with E-state index in [1.54, 1.807) is 0 Å². The van der Waals surface area contributed by atoms with E-state index >= 15 is 0 Å². The number of Topliss-reactive ketones (excluding diaryl/α,β-unsaturated/α-hetero) is 1. The number of rotatable bonds is 4. The molecular formula is C13H12O3. The van der Waals surface area contributed by atoms with Gasteiger partial charge in [-0.25, -0.2) is 0 Å². The van der Waals surface area contributed by atoms with E-state index in [1.165, 1.54) is 0 Å². The largest absolute Gasteiger partial charge is 0.453 e. The minimum Gasteiger partial charge on any atom is -0.453 e. The van der Waals surface area contributed by atoms with Crippen LogP contribution in [0.5, 0.6) is 0 Å². The van der Waals surface area contributed by atoms with E-state index in [0.717, 1.165) is 17.4 Å². The number of fused-ring (bicyclic) bond motifs is 1. The van der Waals surface area contributed by atoms with Crippen LogP contribution in [0.3, 0.4) is 0 Å². The van der Waals surface area contributed by atoms with Crippen molar-refractivity contribution in [3.63, 3.8) is 0 Å². The number of carbonyl (C=O) groups is 2. The molecular weight excluding hydrogens is 204 g/mol. The fourth-order valence-electron chi connectivity index (χ4n) is 1.84. The molecule has 0 atom stereocenters. The molecule has 2 rings (SSSR count). The van der Waals surface area contributed by atoms with Gasteiger partial charge in [-0.2, -0.15) is 0 Å². The Kier molecular flexibility index (Phi) is 2.86. The fraction of sp³-hybridized carbons (Fsp3) is 0.231. The van der Waals surface area contributed by atoms with Gasteiger partial charge in [-0.15, -0.1) is 0 Å². The number of hydrogen-bond donors (Lipinski definition) is 0. The Morgan fingerprint density at radius 3 is 2.81 bits per heavy atom. The van der Waals surface area contributed by atoms with E-state index in [1.807, 2.05) is 31.2 Å². The summed E-state index contributed by atoms with van der Waals surface area (Å²) >= 11 is 0. The second-order valence-corrected chi connectivity index (χ2v) is 3.55. The van der Waals surface area contributed by atoms with Gasteiger partial charge >= 0.3 is 0 Å². The number of ketones is 1. The fourth-order valence-corrected chi connectivity index (χ4v) is 1.84. The van der Waals surface area contributed by atoms with Crippen molar-refractivity contribution in [2.75, 3.05) is 0 Å². The Hall–Kier alpha value is -1.90. The average molecular weight is 216 g/mol. The van der Waals surface area contributed by atoms with E-state index in [9.17, 15) is 9.59 Å².